The van der Waals surface area contributed by atoms with Gasteiger partial charge in [0, 0.05) is 30.5 Å². The first kappa shape index (κ1) is 20.8. The van der Waals surface area contributed by atoms with Crippen molar-refractivity contribution in [3.8, 4) is 11.4 Å². The monoisotopic (exact) mass is 454 g/mol. The fraction of sp³-hybridized carbons (Fsp3) is 0.476. The van der Waals surface area contributed by atoms with Crippen LogP contribution in [-0.2, 0) is 16.6 Å². The van der Waals surface area contributed by atoms with Crippen LogP contribution in [0.1, 0.15) is 54.7 Å². The molecule has 32 heavy (non-hydrogen) atoms. The van der Waals surface area contributed by atoms with Crippen LogP contribution < -0.4 is 16.4 Å². The molecule has 1 aliphatic carbocycles. The summed E-state index contributed by atoms with van der Waals surface area (Å²) in [5.41, 5.74) is 9.43. The van der Waals surface area contributed by atoms with E-state index in [2.05, 4.69) is 44.6 Å². The predicted octanol–water partition coefficient (Wildman–Crippen LogP) is 1.49. The van der Waals surface area contributed by atoms with E-state index in [-0.39, 0.29) is 28.7 Å². The van der Waals surface area contributed by atoms with Gasteiger partial charge >= 0.3 is 0 Å². The van der Waals surface area contributed by atoms with Crippen LogP contribution >= 0.6 is 11.8 Å². The standard InChI is InChI=1S/C21H26N8O2S/c1-21(2)8-11-9-23-19(22)25-15(11)16-14(21)17(28-27-16)18(31)26-20-24-12(10-32-20)7-13(30)29-5-3-4-6-29/h9-10,20,24H,3-8H2,1-2H3,(H,26,31)(H,27,28)(H2,22,23,25). The molecule has 0 saturated carbocycles. The van der Waals surface area contributed by atoms with Crippen LogP contribution in [0.15, 0.2) is 17.3 Å². The smallest absolute Gasteiger partial charge is 0.271 e. The Balaban J connectivity index is 1.29. The molecule has 5 N–H and O–H groups in total. The number of carbonyl (C=O) groups is 2. The molecule has 1 atom stereocenters. The first-order chi connectivity index (χ1) is 15.3. The number of anilines is 1. The summed E-state index contributed by atoms with van der Waals surface area (Å²) < 4.78 is 0. The summed E-state index contributed by atoms with van der Waals surface area (Å²) in [5.74, 6) is 0.0398. The third-order valence-electron chi connectivity index (χ3n) is 6.14. The zero-order valence-electron chi connectivity index (χ0n) is 18.1. The lowest BCUT2D eigenvalue weighted by Gasteiger charge is -2.31. The fourth-order valence-corrected chi connectivity index (χ4v) is 5.48. The van der Waals surface area contributed by atoms with Crippen molar-refractivity contribution in [2.45, 2.75) is 50.4 Å². The molecule has 1 fully saturated rings. The first-order valence-electron chi connectivity index (χ1n) is 10.7. The fourth-order valence-electron chi connectivity index (χ4n) is 4.64. The quantitative estimate of drug-likeness (QED) is 0.544. The molecule has 0 radical (unpaired) electrons. The van der Waals surface area contributed by atoms with Gasteiger partial charge in [0.1, 0.15) is 11.4 Å². The van der Waals surface area contributed by atoms with E-state index in [0.717, 1.165) is 42.8 Å². The summed E-state index contributed by atoms with van der Waals surface area (Å²) in [4.78, 5) is 35.9. The average molecular weight is 455 g/mol. The van der Waals surface area contributed by atoms with Gasteiger partial charge in [-0.05, 0) is 35.6 Å². The Morgan fingerprint density at radius 1 is 1.31 bits per heavy atom. The minimum atomic E-state index is -0.347. The van der Waals surface area contributed by atoms with E-state index in [1.165, 1.54) is 11.8 Å². The number of aromatic amines is 1. The molecule has 168 valence electrons. The molecule has 3 aliphatic rings. The maximum atomic E-state index is 13.1. The normalized spacial score (nSPS) is 20.9. The van der Waals surface area contributed by atoms with Gasteiger partial charge in [-0.15, -0.1) is 0 Å². The second-order valence-corrected chi connectivity index (χ2v) is 10.0. The summed E-state index contributed by atoms with van der Waals surface area (Å²) in [6, 6.07) is 0. The zero-order valence-corrected chi connectivity index (χ0v) is 18.9. The molecular formula is C21H26N8O2S. The number of carbonyl (C=O) groups excluding carboxylic acids is 2. The Labute approximate surface area is 189 Å². The number of thioether (sulfide) groups is 1. The van der Waals surface area contributed by atoms with Crippen molar-refractivity contribution >= 4 is 29.5 Å². The molecule has 2 aliphatic heterocycles. The topological polar surface area (TPSA) is 142 Å². The minimum absolute atomic E-state index is 0.123. The van der Waals surface area contributed by atoms with Crippen LogP contribution in [0, 0.1) is 0 Å². The second kappa shape index (κ2) is 7.80. The number of hydrogen-bond donors (Lipinski definition) is 4. The van der Waals surface area contributed by atoms with Gasteiger partial charge in [0.25, 0.3) is 5.91 Å². The Kier molecular flexibility index (Phi) is 5.07. The number of aromatic nitrogens is 4. The molecule has 10 nitrogen and oxygen atoms in total. The van der Waals surface area contributed by atoms with Crippen molar-refractivity contribution in [3.63, 3.8) is 0 Å². The molecule has 11 heteroatoms. The Morgan fingerprint density at radius 2 is 2.09 bits per heavy atom. The van der Waals surface area contributed by atoms with Crippen LogP contribution in [-0.4, -0.2) is 55.5 Å². The molecule has 5 rings (SSSR count). The summed E-state index contributed by atoms with van der Waals surface area (Å²) >= 11 is 1.44. The second-order valence-electron chi connectivity index (χ2n) is 9.03. The number of nitrogens with zero attached hydrogens (tertiary/aromatic N) is 4. The van der Waals surface area contributed by atoms with E-state index in [1.54, 1.807) is 6.20 Å². The van der Waals surface area contributed by atoms with Crippen LogP contribution in [0.5, 0.6) is 0 Å². The molecule has 0 aromatic carbocycles. The van der Waals surface area contributed by atoms with Gasteiger partial charge in [-0.2, -0.15) is 5.10 Å². The number of nitrogens with one attached hydrogen (secondary N) is 3. The van der Waals surface area contributed by atoms with Gasteiger partial charge in [0.05, 0.1) is 12.1 Å². The molecule has 0 bridgehead atoms. The Morgan fingerprint density at radius 3 is 2.88 bits per heavy atom. The maximum absolute atomic E-state index is 13.1. The minimum Gasteiger partial charge on any atom is -0.368 e. The number of likely N-dealkylation sites (tertiary alicyclic amines) is 1. The van der Waals surface area contributed by atoms with Gasteiger partial charge in [0.2, 0.25) is 11.9 Å². The largest absolute Gasteiger partial charge is 0.368 e. The number of nitrogens with two attached hydrogens (primary N) is 1. The van der Waals surface area contributed by atoms with Crippen molar-refractivity contribution in [2.24, 2.45) is 0 Å². The van der Waals surface area contributed by atoms with Gasteiger partial charge in [-0.1, -0.05) is 25.6 Å². The number of amides is 2. The lowest BCUT2D eigenvalue weighted by atomic mass is 9.73. The van der Waals surface area contributed by atoms with Gasteiger partial charge in [-0.3, -0.25) is 14.7 Å². The molecule has 4 heterocycles. The van der Waals surface area contributed by atoms with Gasteiger partial charge in [-0.25, -0.2) is 9.97 Å². The van der Waals surface area contributed by atoms with Crippen molar-refractivity contribution in [1.29, 1.82) is 0 Å². The van der Waals surface area contributed by atoms with Gasteiger partial charge < -0.3 is 21.3 Å². The predicted molar refractivity (Wildman–Crippen MR) is 121 cm³/mol. The Bertz CT molecular complexity index is 1120. The number of nitrogen functional groups attached to an aromatic ring is 1. The van der Waals surface area contributed by atoms with Crippen molar-refractivity contribution < 1.29 is 9.59 Å². The lowest BCUT2D eigenvalue weighted by Crippen LogP contribution is -2.42. The maximum Gasteiger partial charge on any atom is 0.271 e. The highest BCUT2D eigenvalue weighted by molar-refractivity contribution is 8.02. The number of hydrogen-bond acceptors (Lipinski definition) is 8. The van der Waals surface area contributed by atoms with Crippen molar-refractivity contribution in [3.05, 3.63) is 34.1 Å². The average Bonchev–Trinajstić information content (AvgIpc) is 3.49. The highest BCUT2D eigenvalue weighted by Crippen LogP contribution is 2.42. The van der Waals surface area contributed by atoms with E-state index in [4.69, 9.17) is 5.73 Å². The van der Waals surface area contributed by atoms with E-state index in [9.17, 15) is 9.59 Å². The lowest BCUT2D eigenvalue weighted by molar-refractivity contribution is -0.129. The van der Waals surface area contributed by atoms with Crippen LogP contribution in [0.25, 0.3) is 11.4 Å². The van der Waals surface area contributed by atoms with E-state index >= 15 is 0 Å². The van der Waals surface area contributed by atoms with E-state index in [1.807, 2.05) is 10.3 Å². The van der Waals surface area contributed by atoms with E-state index < -0.39 is 0 Å². The zero-order chi connectivity index (χ0) is 22.5. The summed E-state index contributed by atoms with van der Waals surface area (Å²) in [7, 11) is 0. The molecule has 1 saturated heterocycles. The highest BCUT2D eigenvalue weighted by Gasteiger charge is 2.39. The van der Waals surface area contributed by atoms with Crippen molar-refractivity contribution in [2.75, 3.05) is 18.8 Å². The van der Waals surface area contributed by atoms with E-state index in [0.29, 0.717) is 29.9 Å². The molecule has 0 spiro atoms. The molecule has 2 amide bonds. The van der Waals surface area contributed by atoms with Gasteiger partial charge in [0.15, 0.2) is 5.50 Å². The molecular weight excluding hydrogens is 428 g/mol. The van der Waals surface area contributed by atoms with Crippen LogP contribution in [0.3, 0.4) is 0 Å². The summed E-state index contributed by atoms with van der Waals surface area (Å²) in [6.45, 7) is 5.81. The third-order valence-corrected chi connectivity index (χ3v) is 7.06. The summed E-state index contributed by atoms with van der Waals surface area (Å²) in [5, 5.41) is 15.4. The van der Waals surface area contributed by atoms with Crippen LogP contribution in [0.2, 0.25) is 0 Å². The SMILES string of the molecule is CC1(C)Cc2cnc(N)nc2-c2n[nH]c(C(=O)NC3NC(CC(=O)N4CCCC4)=CS3)c21. The molecule has 2 aromatic rings. The number of H-pyrrole nitrogens is 1. The van der Waals surface area contributed by atoms with Crippen LogP contribution in [0.4, 0.5) is 5.95 Å². The molecule has 2 aromatic heterocycles. The summed E-state index contributed by atoms with van der Waals surface area (Å²) in [6.07, 6.45) is 4.87. The Hall–Kier alpha value is -3.08. The number of rotatable bonds is 4. The third kappa shape index (κ3) is 3.70. The molecule has 1 unspecified atom stereocenters. The number of fused-ring (bicyclic) bond motifs is 3. The van der Waals surface area contributed by atoms with Crippen molar-refractivity contribution in [1.82, 2.24) is 35.7 Å². The highest BCUT2D eigenvalue weighted by atomic mass is 32.2. The first-order valence-corrected chi connectivity index (χ1v) is 11.7.